The van der Waals surface area contributed by atoms with E-state index in [1.54, 1.807) is 12.1 Å². The first-order valence-corrected chi connectivity index (χ1v) is 13.7. The summed E-state index contributed by atoms with van der Waals surface area (Å²) in [5, 5.41) is 9.82. The van der Waals surface area contributed by atoms with Gasteiger partial charge in [-0.1, -0.05) is 58.5 Å². The largest absolute Gasteiger partial charge is 0.379 e. The quantitative estimate of drug-likeness (QED) is 0.433. The standard InChI is InChI=1S/C26H26Cl4N4OS/c27-18-2-1-16(22(29)12-18)11-17-14-34(6-5-33-7-9-35-10-8-33)15-21-24(17)31-26(36)32-25(21)20-4-3-19(28)13-23(20)30/h1-4,11-13,25H,5-10,14-15H2,(H2,31,32,36)/b17-11+. The molecule has 0 aliphatic carbocycles. The summed E-state index contributed by atoms with van der Waals surface area (Å²) in [6, 6.07) is 11.0. The molecule has 0 spiro atoms. The first-order valence-electron chi connectivity index (χ1n) is 11.8. The van der Waals surface area contributed by atoms with Gasteiger partial charge in [0.05, 0.1) is 19.3 Å². The second-order valence-electron chi connectivity index (χ2n) is 9.10. The predicted octanol–water partition coefficient (Wildman–Crippen LogP) is 5.80. The molecule has 2 aromatic rings. The van der Waals surface area contributed by atoms with Crippen LogP contribution in [0.4, 0.5) is 0 Å². The number of nitrogens with zero attached hydrogens (tertiary/aromatic N) is 2. The van der Waals surface area contributed by atoms with Crippen LogP contribution in [0.15, 0.2) is 53.2 Å². The van der Waals surface area contributed by atoms with E-state index in [0.717, 1.165) is 74.9 Å². The third kappa shape index (κ3) is 6.03. The fourth-order valence-corrected chi connectivity index (χ4v) is 6.06. The number of nitrogens with one attached hydrogen (secondary N) is 2. The predicted molar refractivity (Wildman–Crippen MR) is 153 cm³/mol. The molecule has 190 valence electrons. The first kappa shape index (κ1) is 26.3. The van der Waals surface area contributed by atoms with Crippen LogP contribution in [-0.4, -0.2) is 67.4 Å². The first-order chi connectivity index (χ1) is 17.4. The zero-order valence-electron chi connectivity index (χ0n) is 19.5. The maximum atomic E-state index is 6.66. The monoisotopic (exact) mass is 582 g/mol. The number of hydrogen-bond donors (Lipinski definition) is 2. The number of halogens is 4. The molecule has 5 nitrogen and oxygen atoms in total. The van der Waals surface area contributed by atoms with Gasteiger partial charge >= 0.3 is 0 Å². The molecule has 5 rings (SSSR count). The molecule has 1 unspecified atom stereocenters. The SMILES string of the molecule is S=C1NC2=C(CN(CCN3CCOCC3)C/C2=C\c2ccc(Cl)cc2Cl)C(c2ccc(Cl)cc2Cl)N1. The van der Waals surface area contributed by atoms with Crippen LogP contribution in [0.25, 0.3) is 6.08 Å². The maximum Gasteiger partial charge on any atom is 0.171 e. The zero-order chi connectivity index (χ0) is 25.2. The second-order valence-corrected chi connectivity index (χ2v) is 11.2. The summed E-state index contributed by atoms with van der Waals surface area (Å²) in [6.45, 7) is 6.95. The topological polar surface area (TPSA) is 39.8 Å². The van der Waals surface area contributed by atoms with E-state index in [0.29, 0.717) is 25.2 Å². The van der Waals surface area contributed by atoms with Crippen LogP contribution < -0.4 is 10.6 Å². The summed E-state index contributed by atoms with van der Waals surface area (Å²) in [4.78, 5) is 4.91. The molecular formula is C26H26Cl4N4OS. The lowest BCUT2D eigenvalue weighted by atomic mass is 9.89. The third-order valence-corrected chi connectivity index (χ3v) is 8.04. The van der Waals surface area contributed by atoms with Crippen molar-refractivity contribution in [2.45, 2.75) is 6.04 Å². The van der Waals surface area contributed by atoms with Crippen molar-refractivity contribution in [3.05, 3.63) is 84.5 Å². The van der Waals surface area contributed by atoms with E-state index in [2.05, 4.69) is 26.5 Å². The fourth-order valence-electron chi connectivity index (χ4n) is 4.86. The van der Waals surface area contributed by atoms with Crippen LogP contribution in [-0.2, 0) is 4.74 Å². The molecule has 0 radical (unpaired) electrons. The van der Waals surface area contributed by atoms with Gasteiger partial charge in [-0.05, 0) is 64.8 Å². The van der Waals surface area contributed by atoms with Gasteiger partial charge in [0.1, 0.15) is 0 Å². The Labute approximate surface area is 237 Å². The average Bonchev–Trinajstić information content (AvgIpc) is 2.85. The molecule has 36 heavy (non-hydrogen) atoms. The van der Waals surface area contributed by atoms with E-state index in [4.69, 9.17) is 63.4 Å². The van der Waals surface area contributed by atoms with Crippen molar-refractivity contribution in [2.24, 2.45) is 0 Å². The number of morpholine rings is 1. The molecular weight excluding hydrogens is 558 g/mol. The highest BCUT2D eigenvalue weighted by molar-refractivity contribution is 7.80. The van der Waals surface area contributed by atoms with Crippen molar-refractivity contribution in [1.82, 2.24) is 20.4 Å². The van der Waals surface area contributed by atoms with E-state index >= 15 is 0 Å². The lowest BCUT2D eigenvalue weighted by Crippen LogP contribution is -2.51. The van der Waals surface area contributed by atoms with Gasteiger partial charge in [-0.3, -0.25) is 9.80 Å². The van der Waals surface area contributed by atoms with Crippen molar-refractivity contribution in [3.8, 4) is 0 Å². The van der Waals surface area contributed by atoms with Gasteiger partial charge in [0.25, 0.3) is 0 Å². The van der Waals surface area contributed by atoms with Gasteiger partial charge in [-0.15, -0.1) is 0 Å². The minimum Gasteiger partial charge on any atom is -0.379 e. The summed E-state index contributed by atoms with van der Waals surface area (Å²) < 4.78 is 5.51. The highest BCUT2D eigenvalue weighted by Crippen LogP contribution is 2.38. The van der Waals surface area contributed by atoms with Crippen LogP contribution in [0.3, 0.4) is 0 Å². The molecule has 0 amide bonds. The molecule has 2 N–H and O–H groups in total. The van der Waals surface area contributed by atoms with E-state index in [-0.39, 0.29) is 6.04 Å². The Kier molecular flexibility index (Phi) is 8.45. The van der Waals surface area contributed by atoms with Gasteiger partial charge in [0, 0.05) is 65.1 Å². The average molecular weight is 584 g/mol. The summed E-state index contributed by atoms with van der Waals surface area (Å²) in [5.74, 6) is 0. The van der Waals surface area contributed by atoms with Gasteiger partial charge in [-0.2, -0.15) is 0 Å². The van der Waals surface area contributed by atoms with Crippen molar-refractivity contribution in [3.63, 3.8) is 0 Å². The number of hydrogen-bond acceptors (Lipinski definition) is 4. The van der Waals surface area contributed by atoms with Crippen molar-refractivity contribution in [2.75, 3.05) is 52.5 Å². The van der Waals surface area contributed by atoms with Crippen LogP contribution in [0.1, 0.15) is 17.2 Å². The van der Waals surface area contributed by atoms with Crippen molar-refractivity contribution in [1.29, 1.82) is 0 Å². The van der Waals surface area contributed by atoms with Crippen LogP contribution >= 0.6 is 58.6 Å². The molecule has 1 fully saturated rings. The summed E-state index contributed by atoms with van der Waals surface area (Å²) in [6.07, 6.45) is 2.12. The van der Waals surface area contributed by atoms with Gasteiger partial charge < -0.3 is 15.4 Å². The molecule has 0 aromatic heterocycles. The number of rotatable bonds is 5. The molecule has 10 heteroatoms. The molecule has 3 aliphatic rings. The highest BCUT2D eigenvalue weighted by Gasteiger charge is 2.34. The van der Waals surface area contributed by atoms with Crippen LogP contribution in [0.5, 0.6) is 0 Å². The second kappa shape index (κ2) is 11.6. The lowest BCUT2D eigenvalue weighted by Gasteiger charge is -2.41. The maximum absolute atomic E-state index is 6.66. The third-order valence-electron chi connectivity index (χ3n) is 6.69. The molecule has 3 aliphatic heterocycles. The van der Waals surface area contributed by atoms with Gasteiger partial charge in [0.2, 0.25) is 0 Å². The normalized spacial score (nSPS) is 22.4. The Morgan fingerprint density at radius 3 is 2.33 bits per heavy atom. The van der Waals surface area contributed by atoms with Crippen molar-refractivity contribution >= 4 is 69.8 Å². The molecule has 1 saturated heterocycles. The number of thiocarbonyl (C=S) groups is 1. The zero-order valence-corrected chi connectivity index (χ0v) is 23.3. The Hall–Kier alpha value is -1.35. The number of ether oxygens (including phenoxy) is 1. The van der Waals surface area contributed by atoms with E-state index < -0.39 is 0 Å². The van der Waals surface area contributed by atoms with Crippen molar-refractivity contribution < 1.29 is 4.74 Å². The molecule has 1 atom stereocenters. The summed E-state index contributed by atoms with van der Waals surface area (Å²) in [5.41, 5.74) is 5.16. The van der Waals surface area contributed by atoms with E-state index in [9.17, 15) is 0 Å². The minimum atomic E-state index is -0.172. The van der Waals surface area contributed by atoms with Crippen LogP contribution in [0.2, 0.25) is 20.1 Å². The Balaban J connectivity index is 1.52. The van der Waals surface area contributed by atoms with Gasteiger partial charge in [-0.25, -0.2) is 0 Å². The van der Waals surface area contributed by atoms with Gasteiger partial charge in [0.15, 0.2) is 5.11 Å². The van der Waals surface area contributed by atoms with Crippen LogP contribution in [0, 0.1) is 0 Å². The Morgan fingerprint density at radius 2 is 1.61 bits per heavy atom. The molecule has 0 saturated carbocycles. The summed E-state index contributed by atoms with van der Waals surface area (Å²) in [7, 11) is 0. The highest BCUT2D eigenvalue weighted by atomic mass is 35.5. The Bertz CT molecular complexity index is 1230. The van der Waals surface area contributed by atoms with E-state index in [1.165, 1.54) is 5.57 Å². The number of benzene rings is 2. The smallest absolute Gasteiger partial charge is 0.171 e. The Morgan fingerprint density at radius 1 is 0.917 bits per heavy atom. The minimum absolute atomic E-state index is 0.172. The molecule has 2 aromatic carbocycles. The molecule has 3 heterocycles. The molecule has 0 bridgehead atoms. The summed E-state index contributed by atoms with van der Waals surface area (Å²) >= 11 is 31.2. The van der Waals surface area contributed by atoms with E-state index in [1.807, 2.05) is 24.3 Å². The lowest BCUT2D eigenvalue weighted by molar-refractivity contribution is 0.0339. The fraction of sp³-hybridized carbons (Fsp3) is 0.346.